The van der Waals surface area contributed by atoms with Gasteiger partial charge in [0.1, 0.15) is 23.3 Å². The monoisotopic (exact) mass is 448 g/mol. The average molecular weight is 449 g/mol. The zero-order valence-electron chi connectivity index (χ0n) is 19.4. The molecule has 1 heterocycles. The second-order valence-electron chi connectivity index (χ2n) is 8.85. The zero-order valence-corrected chi connectivity index (χ0v) is 19.4. The second-order valence-corrected chi connectivity index (χ2v) is 8.85. The van der Waals surface area contributed by atoms with E-state index in [1.54, 1.807) is 19.1 Å². The fourth-order valence-corrected chi connectivity index (χ4v) is 3.15. The molecule has 9 nitrogen and oxygen atoms in total. The molecule has 2 atom stereocenters. The number of halogens is 1. The lowest BCUT2D eigenvalue weighted by Crippen LogP contribution is -2.40. The van der Waals surface area contributed by atoms with Crippen LogP contribution < -0.4 is 10.6 Å². The topological polar surface area (TPSA) is 111 Å². The Labute approximate surface area is 188 Å². The molecule has 32 heavy (non-hydrogen) atoms. The van der Waals surface area contributed by atoms with Crippen molar-refractivity contribution >= 4 is 12.0 Å². The van der Waals surface area contributed by atoms with Crippen molar-refractivity contribution in [2.45, 2.75) is 78.0 Å². The molecule has 1 aromatic heterocycles. The molecule has 10 heteroatoms. The summed E-state index contributed by atoms with van der Waals surface area (Å²) >= 11 is 0. The standard InChI is InChI=1S/C22H33FN6O3/c1-15(8-6-7-13-24-21(31)32-22(3,4)5)25-20(30)19(29-16(2)26-27-28-29)14-17-9-11-18(23)12-10-17/h9-12,15,19H,6-8,13-14H2,1-5H3,(H,24,31)(H,25,30)/t15-,19-/m0/s1. The summed E-state index contributed by atoms with van der Waals surface area (Å²) in [5.41, 5.74) is 0.285. The van der Waals surface area contributed by atoms with Gasteiger partial charge in [-0.1, -0.05) is 12.1 Å². The summed E-state index contributed by atoms with van der Waals surface area (Å²) in [5.74, 6) is -0.0135. The van der Waals surface area contributed by atoms with E-state index in [9.17, 15) is 14.0 Å². The maximum atomic E-state index is 13.2. The van der Waals surface area contributed by atoms with Gasteiger partial charge in [-0.15, -0.1) is 5.10 Å². The number of tetrazole rings is 1. The van der Waals surface area contributed by atoms with Gasteiger partial charge in [-0.25, -0.2) is 13.9 Å². The van der Waals surface area contributed by atoms with Crippen molar-refractivity contribution < 1.29 is 18.7 Å². The average Bonchev–Trinajstić information content (AvgIpc) is 3.11. The zero-order chi connectivity index (χ0) is 23.7. The lowest BCUT2D eigenvalue weighted by molar-refractivity contribution is -0.125. The summed E-state index contributed by atoms with van der Waals surface area (Å²) < 4.78 is 19.9. The Morgan fingerprint density at radius 1 is 1.19 bits per heavy atom. The molecule has 2 aromatic rings. The van der Waals surface area contributed by atoms with Crippen LogP contribution >= 0.6 is 0 Å². The predicted octanol–water partition coefficient (Wildman–Crippen LogP) is 3.10. The summed E-state index contributed by atoms with van der Waals surface area (Å²) in [6.07, 6.45) is 2.25. The quantitative estimate of drug-likeness (QED) is 0.540. The minimum atomic E-state index is -0.647. The molecule has 0 bridgehead atoms. The summed E-state index contributed by atoms with van der Waals surface area (Å²) in [6, 6.07) is 5.31. The molecule has 176 valence electrons. The van der Waals surface area contributed by atoms with Crippen LogP contribution in [0.1, 0.15) is 64.4 Å². The number of nitrogens with zero attached hydrogens (tertiary/aromatic N) is 4. The summed E-state index contributed by atoms with van der Waals surface area (Å²) in [6.45, 7) is 9.62. The van der Waals surface area contributed by atoms with Gasteiger partial charge in [-0.3, -0.25) is 4.79 Å². The van der Waals surface area contributed by atoms with E-state index < -0.39 is 17.7 Å². The minimum absolute atomic E-state index is 0.0727. The van der Waals surface area contributed by atoms with E-state index >= 15 is 0 Å². The van der Waals surface area contributed by atoms with Crippen LogP contribution in [0, 0.1) is 12.7 Å². The molecule has 2 rings (SSSR count). The molecule has 0 fully saturated rings. The number of hydrogen-bond acceptors (Lipinski definition) is 6. The van der Waals surface area contributed by atoms with Crippen molar-refractivity contribution in [1.29, 1.82) is 0 Å². The molecule has 2 amide bonds. The van der Waals surface area contributed by atoms with Crippen LogP contribution in [0.15, 0.2) is 24.3 Å². The highest BCUT2D eigenvalue weighted by Crippen LogP contribution is 2.16. The molecule has 0 saturated carbocycles. The van der Waals surface area contributed by atoms with E-state index in [-0.39, 0.29) is 17.8 Å². The lowest BCUT2D eigenvalue weighted by atomic mass is 10.0. The Morgan fingerprint density at radius 2 is 1.88 bits per heavy atom. The van der Waals surface area contributed by atoms with Gasteiger partial charge in [0.05, 0.1) is 0 Å². The Balaban J connectivity index is 1.84. The largest absolute Gasteiger partial charge is 0.444 e. The van der Waals surface area contributed by atoms with E-state index in [2.05, 4.69) is 26.2 Å². The van der Waals surface area contributed by atoms with Crippen LogP contribution in [0.4, 0.5) is 9.18 Å². The van der Waals surface area contributed by atoms with Gasteiger partial charge in [-0.2, -0.15) is 0 Å². The van der Waals surface area contributed by atoms with Crippen molar-refractivity contribution in [2.24, 2.45) is 0 Å². The van der Waals surface area contributed by atoms with Crippen molar-refractivity contribution in [3.8, 4) is 0 Å². The van der Waals surface area contributed by atoms with E-state index in [0.717, 1.165) is 24.8 Å². The SMILES string of the molecule is Cc1nnnn1[C@@H](Cc1ccc(F)cc1)C(=O)N[C@@H](C)CCCCNC(=O)OC(C)(C)C. The number of aryl methyl sites for hydroxylation is 1. The number of amides is 2. The van der Waals surface area contributed by atoms with Gasteiger partial charge in [0.2, 0.25) is 5.91 Å². The molecule has 0 aliphatic heterocycles. The lowest BCUT2D eigenvalue weighted by Gasteiger charge is -2.21. The smallest absolute Gasteiger partial charge is 0.407 e. The summed E-state index contributed by atoms with van der Waals surface area (Å²) in [5, 5.41) is 17.2. The molecule has 0 unspecified atom stereocenters. The highest BCUT2D eigenvalue weighted by molar-refractivity contribution is 5.80. The maximum absolute atomic E-state index is 13.2. The fraction of sp³-hybridized carbons (Fsp3) is 0.591. The number of alkyl carbamates (subject to hydrolysis) is 1. The van der Waals surface area contributed by atoms with Crippen LogP contribution in [0.5, 0.6) is 0 Å². The molecule has 0 saturated heterocycles. The Bertz CT molecular complexity index is 879. The number of carbonyl (C=O) groups is 2. The third kappa shape index (κ3) is 8.60. The van der Waals surface area contributed by atoms with Crippen LogP contribution in [0.2, 0.25) is 0 Å². The van der Waals surface area contributed by atoms with Crippen LogP contribution in [0.3, 0.4) is 0 Å². The van der Waals surface area contributed by atoms with Gasteiger partial charge in [0, 0.05) is 19.0 Å². The molecule has 2 N–H and O–H groups in total. The van der Waals surface area contributed by atoms with Crippen LogP contribution in [-0.4, -0.2) is 50.4 Å². The number of nitrogens with one attached hydrogen (secondary N) is 2. The second kappa shape index (κ2) is 11.5. The van der Waals surface area contributed by atoms with E-state index in [1.807, 2.05) is 27.7 Å². The maximum Gasteiger partial charge on any atom is 0.407 e. The number of benzene rings is 1. The van der Waals surface area contributed by atoms with Gasteiger partial charge < -0.3 is 15.4 Å². The molecule has 0 spiro atoms. The number of ether oxygens (including phenoxy) is 1. The van der Waals surface area contributed by atoms with Gasteiger partial charge >= 0.3 is 6.09 Å². The number of unbranched alkanes of at least 4 members (excludes halogenated alkanes) is 1. The van der Waals surface area contributed by atoms with E-state index in [0.29, 0.717) is 18.8 Å². The first kappa shape index (κ1) is 25.2. The Kier molecular flexibility index (Phi) is 9.10. The summed E-state index contributed by atoms with van der Waals surface area (Å²) in [7, 11) is 0. The van der Waals surface area contributed by atoms with Gasteiger partial charge in [0.25, 0.3) is 0 Å². The first-order valence-corrected chi connectivity index (χ1v) is 10.8. The van der Waals surface area contributed by atoms with E-state index in [1.165, 1.54) is 16.8 Å². The van der Waals surface area contributed by atoms with Crippen molar-refractivity contribution in [3.05, 3.63) is 41.5 Å². The molecule has 0 aliphatic rings. The van der Waals surface area contributed by atoms with Crippen molar-refractivity contribution in [1.82, 2.24) is 30.8 Å². The fourth-order valence-electron chi connectivity index (χ4n) is 3.15. The predicted molar refractivity (Wildman–Crippen MR) is 117 cm³/mol. The first-order chi connectivity index (χ1) is 15.0. The van der Waals surface area contributed by atoms with Gasteiger partial charge in [-0.05, 0) is 82.0 Å². The van der Waals surface area contributed by atoms with Crippen LogP contribution in [0.25, 0.3) is 0 Å². The third-order valence-electron chi connectivity index (χ3n) is 4.72. The number of hydrogen-bond donors (Lipinski definition) is 2. The van der Waals surface area contributed by atoms with Gasteiger partial charge in [0.15, 0.2) is 0 Å². The number of aromatic nitrogens is 4. The molecule has 0 radical (unpaired) electrons. The van der Waals surface area contributed by atoms with Crippen molar-refractivity contribution in [2.75, 3.05) is 6.54 Å². The highest BCUT2D eigenvalue weighted by Gasteiger charge is 2.25. The molecular weight excluding hydrogens is 415 g/mol. The Morgan fingerprint density at radius 3 is 2.47 bits per heavy atom. The van der Waals surface area contributed by atoms with E-state index in [4.69, 9.17) is 4.74 Å². The first-order valence-electron chi connectivity index (χ1n) is 10.8. The normalized spacial score (nSPS) is 13.3. The Hall–Kier alpha value is -3.04. The number of carbonyl (C=O) groups excluding carboxylic acids is 2. The highest BCUT2D eigenvalue weighted by atomic mass is 19.1. The van der Waals surface area contributed by atoms with Crippen molar-refractivity contribution in [3.63, 3.8) is 0 Å². The molecule has 1 aromatic carbocycles. The minimum Gasteiger partial charge on any atom is -0.444 e. The van der Waals surface area contributed by atoms with Crippen LogP contribution in [-0.2, 0) is 16.0 Å². The summed E-state index contributed by atoms with van der Waals surface area (Å²) in [4.78, 5) is 24.7. The molecule has 0 aliphatic carbocycles. The number of rotatable bonds is 10. The third-order valence-corrected chi connectivity index (χ3v) is 4.72. The molecular formula is C22H33FN6O3.